The number of esters is 1. The zero-order chi connectivity index (χ0) is 19.5. The van der Waals surface area contributed by atoms with Crippen molar-refractivity contribution in [2.75, 3.05) is 0 Å². The SMILES string of the molecule is O=C1OC2(c3ccc(O)cc3Oc3cc(O)ccc32)c2ccc(N=C=S)cc21.[SiH4]. The number of ether oxygens (including phenoxy) is 2. The summed E-state index contributed by atoms with van der Waals surface area (Å²) < 4.78 is 11.8. The van der Waals surface area contributed by atoms with Crippen LogP contribution in [0.5, 0.6) is 23.0 Å². The third kappa shape index (κ3) is 2.58. The minimum atomic E-state index is -1.27. The van der Waals surface area contributed by atoms with E-state index in [0.717, 1.165) is 0 Å². The van der Waals surface area contributed by atoms with E-state index in [9.17, 15) is 15.0 Å². The summed E-state index contributed by atoms with van der Waals surface area (Å²) in [6.45, 7) is 0. The van der Waals surface area contributed by atoms with E-state index >= 15 is 0 Å². The first kappa shape index (κ1) is 18.9. The van der Waals surface area contributed by atoms with Gasteiger partial charge in [-0.3, -0.25) is 0 Å². The van der Waals surface area contributed by atoms with Gasteiger partial charge in [0.15, 0.2) is 5.60 Å². The standard InChI is InChI=1S/C21H11NO5S.H4Si/c23-12-2-5-16-18(8-12)26-19-9-13(24)3-6-17(19)21(16)15-4-1-11(22-10-28)7-14(15)20(25)27-21;/h1-9,23-24H;1H4. The zero-order valence-corrected chi connectivity index (χ0v) is 15.0. The summed E-state index contributed by atoms with van der Waals surface area (Å²) >= 11 is 4.64. The predicted octanol–water partition coefficient (Wildman–Crippen LogP) is 2.95. The van der Waals surface area contributed by atoms with Gasteiger partial charge in [-0.25, -0.2) is 4.79 Å². The van der Waals surface area contributed by atoms with E-state index < -0.39 is 11.6 Å². The van der Waals surface area contributed by atoms with Crippen LogP contribution in [-0.4, -0.2) is 32.3 Å². The number of isothiocyanates is 1. The molecule has 2 aliphatic heterocycles. The highest BCUT2D eigenvalue weighted by Crippen LogP contribution is 2.57. The van der Waals surface area contributed by atoms with E-state index in [1.807, 2.05) is 0 Å². The topological polar surface area (TPSA) is 88.4 Å². The fraction of sp³-hybridized carbons (Fsp3) is 0.0476. The number of aromatic hydroxyl groups is 2. The van der Waals surface area contributed by atoms with Crippen molar-refractivity contribution in [1.82, 2.24) is 0 Å². The summed E-state index contributed by atoms with van der Waals surface area (Å²) in [5.41, 5.74) is 1.33. The average Bonchev–Trinajstić information content (AvgIpc) is 2.94. The number of fused-ring (bicyclic) bond motifs is 6. The lowest BCUT2D eigenvalue weighted by Crippen LogP contribution is -2.32. The number of nitrogens with zero attached hydrogens (tertiary/aromatic N) is 1. The second kappa shape index (κ2) is 6.56. The summed E-state index contributed by atoms with van der Waals surface area (Å²) in [5.74, 6) is 0.163. The molecule has 5 rings (SSSR count). The number of carbonyl (C=O) groups excluding carboxylic acids is 1. The van der Waals surface area contributed by atoms with Gasteiger partial charge in [0.2, 0.25) is 0 Å². The first-order chi connectivity index (χ1) is 13.5. The maximum atomic E-state index is 12.8. The third-order valence-electron chi connectivity index (χ3n) is 4.93. The Hall–Kier alpha value is -3.45. The van der Waals surface area contributed by atoms with Gasteiger partial charge >= 0.3 is 5.97 Å². The number of hydrogen-bond donors (Lipinski definition) is 2. The number of carbonyl (C=O) groups is 1. The van der Waals surface area contributed by atoms with Crippen molar-refractivity contribution in [3.05, 3.63) is 76.9 Å². The van der Waals surface area contributed by atoms with Crippen LogP contribution in [0, 0.1) is 0 Å². The molecule has 0 atom stereocenters. The molecule has 0 radical (unpaired) electrons. The largest absolute Gasteiger partial charge is 0.508 e. The number of rotatable bonds is 1. The van der Waals surface area contributed by atoms with E-state index in [1.54, 1.807) is 30.3 Å². The Morgan fingerprint density at radius 1 is 0.897 bits per heavy atom. The Morgan fingerprint density at radius 3 is 2.07 bits per heavy atom. The molecule has 0 unspecified atom stereocenters. The van der Waals surface area contributed by atoms with Gasteiger partial charge in [-0.2, -0.15) is 4.99 Å². The van der Waals surface area contributed by atoms with Crippen LogP contribution in [0.4, 0.5) is 5.69 Å². The van der Waals surface area contributed by atoms with Crippen LogP contribution in [-0.2, 0) is 10.3 Å². The van der Waals surface area contributed by atoms with Gasteiger partial charge in [0, 0.05) is 28.8 Å². The van der Waals surface area contributed by atoms with Gasteiger partial charge in [-0.05, 0) is 59.6 Å². The van der Waals surface area contributed by atoms with Gasteiger partial charge in [-0.15, -0.1) is 0 Å². The summed E-state index contributed by atoms with van der Waals surface area (Å²) in [7, 11) is 0. The lowest BCUT2D eigenvalue weighted by atomic mass is 9.77. The molecule has 0 bridgehead atoms. The Morgan fingerprint density at radius 2 is 1.48 bits per heavy atom. The molecule has 2 heterocycles. The first-order valence-corrected chi connectivity index (χ1v) is 8.74. The summed E-state index contributed by atoms with van der Waals surface area (Å²) in [6.07, 6.45) is 0. The normalized spacial score (nSPS) is 14.4. The van der Waals surface area contributed by atoms with E-state index in [2.05, 4.69) is 22.4 Å². The van der Waals surface area contributed by atoms with Crippen molar-refractivity contribution in [1.29, 1.82) is 0 Å². The minimum Gasteiger partial charge on any atom is -0.508 e. The quantitative estimate of drug-likeness (QED) is 0.272. The molecule has 2 aliphatic rings. The van der Waals surface area contributed by atoms with Crippen LogP contribution < -0.4 is 4.74 Å². The molecule has 3 aromatic carbocycles. The summed E-state index contributed by atoms with van der Waals surface area (Å²) in [4.78, 5) is 16.7. The number of hydrogen-bond acceptors (Lipinski definition) is 7. The Labute approximate surface area is 175 Å². The van der Waals surface area contributed by atoms with Crippen molar-refractivity contribution < 1.29 is 24.5 Å². The first-order valence-electron chi connectivity index (χ1n) is 8.33. The van der Waals surface area contributed by atoms with Gasteiger partial charge in [0.1, 0.15) is 23.0 Å². The van der Waals surface area contributed by atoms with Crippen LogP contribution in [0.15, 0.2) is 59.6 Å². The van der Waals surface area contributed by atoms with Gasteiger partial charge in [0.25, 0.3) is 0 Å². The summed E-state index contributed by atoms with van der Waals surface area (Å²) in [6, 6.07) is 14.3. The highest BCUT2D eigenvalue weighted by molar-refractivity contribution is 7.78. The van der Waals surface area contributed by atoms with Crippen molar-refractivity contribution in [3.8, 4) is 23.0 Å². The second-order valence-corrected chi connectivity index (χ2v) is 6.65. The Balaban J connectivity index is 0.00000205. The monoisotopic (exact) mass is 421 g/mol. The zero-order valence-electron chi connectivity index (χ0n) is 14.2. The van der Waals surface area contributed by atoms with Crippen LogP contribution in [0.2, 0.25) is 0 Å². The van der Waals surface area contributed by atoms with E-state index in [1.165, 1.54) is 24.3 Å². The molecule has 0 fully saturated rings. The molecule has 1 spiro atoms. The Kier molecular flexibility index (Phi) is 4.27. The number of benzene rings is 3. The lowest BCUT2D eigenvalue weighted by Gasteiger charge is -2.36. The molecule has 0 amide bonds. The van der Waals surface area contributed by atoms with Crippen LogP contribution in [0.25, 0.3) is 0 Å². The molecule has 0 saturated carbocycles. The Bertz CT molecular complexity index is 1180. The lowest BCUT2D eigenvalue weighted by molar-refractivity contribution is 0.0224. The van der Waals surface area contributed by atoms with Gasteiger partial charge < -0.3 is 19.7 Å². The number of phenolic OH excluding ortho intramolecular Hbond substituents is 2. The van der Waals surface area contributed by atoms with Crippen molar-refractivity contribution in [2.45, 2.75) is 5.60 Å². The molecule has 0 aromatic heterocycles. The molecular weight excluding hydrogens is 406 g/mol. The van der Waals surface area contributed by atoms with Crippen molar-refractivity contribution >= 4 is 40.0 Å². The molecule has 3 aromatic rings. The maximum Gasteiger partial charge on any atom is 0.340 e. The molecule has 29 heavy (non-hydrogen) atoms. The third-order valence-corrected chi connectivity index (χ3v) is 5.02. The van der Waals surface area contributed by atoms with E-state index in [-0.39, 0.29) is 22.5 Å². The molecule has 0 aliphatic carbocycles. The average molecular weight is 422 g/mol. The highest BCUT2D eigenvalue weighted by atomic mass is 32.1. The van der Waals surface area contributed by atoms with Crippen molar-refractivity contribution in [3.63, 3.8) is 0 Å². The predicted molar refractivity (Wildman–Crippen MR) is 114 cm³/mol. The molecular formula is C21H15NO5SSi. The minimum absolute atomic E-state index is 0. The van der Waals surface area contributed by atoms with Crippen LogP contribution in [0.1, 0.15) is 27.0 Å². The molecule has 144 valence electrons. The fourth-order valence-corrected chi connectivity index (χ4v) is 3.92. The smallest absolute Gasteiger partial charge is 0.340 e. The molecule has 6 nitrogen and oxygen atoms in total. The van der Waals surface area contributed by atoms with Gasteiger partial charge in [0.05, 0.1) is 16.4 Å². The highest BCUT2D eigenvalue weighted by Gasteiger charge is 2.53. The van der Waals surface area contributed by atoms with Crippen LogP contribution >= 0.6 is 12.2 Å². The summed E-state index contributed by atoms with van der Waals surface area (Å²) in [5, 5.41) is 22.1. The van der Waals surface area contributed by atoms with E-state index in [4.69, 9.17) is 9.47 Å². The number of aliphatic imine (C=N–C) groups is 1. The number of phenols is 2. The second-order valence-electron chi connectivity index (χ2n) is 6.47. The van der Waals surface area contributed by atoms with Crippen LogP contribution in [0.3, 0.4) is 0 Å². The fourth-order valence-electron chi connectivity index (χ4n) is 3.82. The maximum absolute atomic E-state index is 12.8. The van der Waals surface area contributed by atoms with E-state index in [0.29, 0.717) is 39.4 Å². The number of thiocarbonyl (C=S) groups is 1. The molecule has 8 heteroatoms. The molecule has 0 saturated heterocycles. The molecule has 2 N–H and O–H groups in total. The van der Waals surface area contributed by atoms with Crippen molar-refractivity contribution in [2.24, 2.45) is 4.99 Å². The van der Waals surface area contributed by atoms with Gasteiger partial charge in [-0.1, -0.05) is 6.07 Å².